The Bertz CT molecular complexity index is 829. The number of hydrogen-bond acceptors (Lipinski definition) is 7. The van der Waals surface area contributed by atoms with Gasteiger partial charge in [0.05, 0.1) is 19.4 Å². The van der Waals surface area contributed by atoms with Crippen LogP contribution in [0.1, 0.15) is 20.8 Å². The standard InChI is InChI=1S/C18H26N6O3S/c1-18(2,3)20-14(25)10-23(4)15(26)11-28-17-22-21-16(24(17)19)12-6-8-13(27-5)9-7-12/h6-9H,10-11,19H2,1-5H3,(H,20,25). The predicted octanol–water partition coefficient (Wildman–Crippen LogP) is 1.13. The zero-order valence-corrected chi connectivity index (χ0v) is 17.5. The van der Waals surface area contributed by atoms with E-state index >= 15 is 0 Å². The molecular weight excluding hydrogens is 380 g/mol. The molecule has 2 amide bonds. The Morgan fingerprint density at radius 2 is 1.89 bits per heavy atom. The number of likely N-dealkylation sites (N-methyl/N-ethyl adjacent to an activating group) is 1. The Morgan fingerprint density at radius 1 is 1.25 bits per heavy atom. The van der Waals surface area contributed by atoms with Crippen molar-refractivity contribution in [3.8, 4) is 17.1 Å². The molecule has 10 heteroatoms. The first kappa shape index (κ1) is 21.5. The van der Waals surface area contributed by atoms with Crippen LogP contribution in [0.3, 0.4) is 0 Å². The predicted molar refractivity (Wildman–Crippen MR) is 108 cm³/mol. The Hall–Kier alpha value is -2.75. The number of nitrogens with two attached hydrogens (primary N) is 1. The molecule has 3 N–H and O–H groups in total. The third-order valence-electron chi connectivity index (χ3n) is 3.66. The molecule has 0 bridgehead atoms. The van der Waals surface area contributed by atoms with Gasteiger partial charge in [0.2, 0.25) is 17.0 Å². The minimum atomic E-state index is -0.344. The molecule has 0 radical (unpaired) electrons. The molecule has 152 valence electrons. The first-order chi connectivity index (χ1) is 13.1. The molecule has 0 saturated heterocycles. The fraction of sp³-hybridized carbons (Fsp3) is 0.444. The number of thioether (sulfide) groups is 1. The number of hydrogen-bond donors (Lipinski definition) is 2. The Kier molecular flexibility index (Phi) is 6.90. The van der Waals surface area contributed by atoms with Crippen LogP contribution in [0, 0.1) is 0 Å². The molecule has 0 aliphatic rings. The van der Waals surface area contributed by atoms with E-state index in [-0.39, 0.29) is 29.7 Å². The van der Waals surface area contributed by atoms with Crippen LogP contribution in [0.25, 0.3) is 11.4 Å². The van der Waals surface area contributed by atoms with E-state index in [1.54, 1.807) is 26.3 Å². The van der Waals surface area contributed by atoms with Gasteiger partial charge < -0.3 is 20.8 Å². The van der Waals surface area contributed by atoms with Gasteiger partial charge in [-0.1, -0.05) is 11.8 Å². The number of nitrogens with zero attached hydrogens (tertiary/aromatic N) is 4. The van der Waals surface area contributed by atoms with Crippen LogP contribution in [0.15, 0.2) is 29.4 Å². The molecule has 0 aliphatic heterocycles. The van der Waals surface area contributed by atoms with Crippen LogP contribution >= 0.6 is 11.8 Å². The normalized spacial score (nSPS) is 11.2. The average Bonchev–Trinajstić information content (AvgIpc) is 2.98. The second-order valence-corrected chi connectivity index (χ2v) is 8.18. The second kappa shape index (κ2) is 8.96. The van der Waals surface area contributed by atoms with E-state index in [0.29, 0.717) is 11.0 Å². The summed E-state index contributed by atoms with van der Waals surface area (Å²) in [5.74, 6) is 6.96. The maximum atomic E-state index is 12.3. The fourth-order valence-corrected chi connectivity index (χ4v) is 3.11. The molecular formula is C18H26N6O3S. The minimum absolute atomic E-state index is 0.0108. The van der Waals surface area contributed by atoms with Gasteiger partial charge in [0.25, 0.3) is 0 Å². The summed E-state index contributed by atoms with van der Waals surface area (Å²) < 4.78 is 6.47. The highest BCUT2D eigenvalue weighted by molar-refractivity contribution is 7.99. The summed E-state index contributed by atoms with van der Waals surface area (Å²) in [6.45, 7) is 5.65. The van der Waals surface area contributed by atoms with Crippen LogP contribution in [0.2, 0.25) is 0 Å². The second-order valence-electron chi connectivity index (χ2n) is 7.24. The topological polar surface area (TPSA) is 115 Å². The Labute approximate surface area is 168 Å². The third-order valence-corrected chi connectivity index (χ3v) is 4.59. The summed E-state index contributed by atoms with van der Waals surface area (Å²) in [4.78, 5) is 25.6. The first-order valence-electron chi connectivity index (χ1n) is 8.63. The summed E-state index contributed by atoms with van der Waals surface area (Å²) in [7, 11) is 3.18. The van der Waals surface area contributed by atoms with Crippen LogP contribution < -0.4 is 15.9 Å². The van der Waals surface area contributed by atoms with Crippen molar-refractivity contribution >= 4 is 23.6 Å². The Morgan fingerprint density at radius 3 is 2.46 bits per heavy atom. The zero-order valence-electron chi connectivity index (χ0n) is 16.7. The SMILES string of the molecule is COc1ccc(-c2nnc(SCC(=O)N(C)CC(=O)NC(C)(C)C)n2N)cc1. The number of benzene rings is 1. The van der Waals surface area contributed by atoms with Crippen molar-refractivity contribution in [1.29, 1.82) is 0 Å². The lowest BCUT2D eigenvalue weighted by atomic mass is 10.1. The quantitative estimate of drug-likeness (QED) is 0.523. The van der Waals surface area contributed by atoms with Crippen molar-refractivity contribution in [2.75, 3.05) is 32.3 Å². The van der Waals surface area contributed by atoms with E-state index in [1.165, 1.54) is 9.58 Å². The number of carbonyl (C=O) groups excluding carboxylic acids is 2. The van der Waals surface area contributed by atoms with Gasteiger partial charge >= 0.3 is 0 Å². The Balaban J connectivity index is 1.94. The number of amides is 2. The fourth-order valence-electron chi connectivity index (χ4n) is 2.31. The van der Waals surface area contributed by atoms with Crippen molar-refractivity contribution in [3.63, 3.8) is 0 Å². The number of aromatic nitrogens is 3. The van der Waals surface area contributed by atoms with Gasteiger partial charge in [0.1, 0.15) is 5.75 Å². The van der Waals surface area contributed by atoms with E-state index < -0.39 is 0 Å². The number of carbonyl (C=O) groups is 2. The summed E-state index contributed by atoms with van der Waals surface area (Å²) in [5.41, 5.74) is 0.439. The van der Waals surface area contributed by atoms with Crippen LogP contribution in [-0.4, -0.2) is 63.6 Å². The summed E-state index contributed by atoms with van der Waals surface area (Å²) >= 11 is 1.16. The molecule has 0 saturated carbocycles. The van der Waals surface area contributed by atoms with Crippen molar-refractivity contribution < 1.29 is 14.3 Å². The molecule has 1 aromatic carbocycles. The number of methoxy groups -OCH3 is 1. The summed E-state index contributed by atoms with van der Waals surface area (Å²) in [6, 6.07) is 7.26. The molecule has 0 fully saturated rings. The molecule has 9 nitrogen and oxygen atoms in total. The largest absolute Gasteiger partial charge is 0.497 e. The zero-order chi connectivity index (χ0) is 20.9. The smallest absolute Gasteiger partial charge is 0.240 e. The van der Waals surface area contributed by atoms with Crippen LogP contribution in [0.4, 0.5) is 0 Å². The molecule has 2 aromatic rings. The molecule has 0 atom stereocenters. The van der Waals surface area contributed by atoms with Gasteiger partial charge in [-0.15, -0.1) is 10.2 Å². The molecule has 0 aliphatic carbocycles. The lowest BCUT2D eigenvalue weighted by Crippen LogP contribution is -2.46. The number of rotatable bonds is 7. The third kappa shape index (κ3) is 5.88. The maximum absolute atomic E-state index is 12.3. The first-order valence-corrected chi connectivity index (χ1v) is 9.62. The van der Waals surface area contributed by atoms with Crippen LogP contribution in [-0.2, 0) is 9.59 Å². The summed E-state index contributed by atoms with van der Waals surface area (Å²) in [5, 5.41) is 11.4. The molecule has 1 aromatic heterocycles. The number of nitrogens with one attached hydrogen (secondary N) is 1. The monoisotopic (exact) mass is 406 g/mol. The van der Waals surface area contributed by atoms with Gasteiger partial charge in [0.15, 0.2) is 5.82 Å². The lowest BCUT2D eigenvalue weighted by molar-refractivity contribution is -0.133. The van der Waals surface area contributed by atoms with Gasteiger partial charge in [-0.3, -0.25) is 9.59 Å². The van der Waals surface area contributed by atoms with Crippen molar-refractivity contribution in [3.05, 3.63) is 24.3 Å². The number of ether oxygens (including phenoxy) is 1. The van der Waals surface area contributed by atoms with Crippen molar-refractivity contribution in [2.45, 2.75) is 31.5 Å². The van der Waals surface area contributed by atoms with Gasteiger partial charge in [0, 0.05) is 18.2 Å². The van der Waals surface area contributed by atoms with Gasteiger partial charge in [-0.2, -0.15) is 0 Å². The molecule has 28 heavy (non-hydrogen) atoms. The minimum Gasteiger partial charge on any atom is -0.497 e. The molecule has 0 spiro atoms. The molecule has 0 unspecified atom stereocenters. The molecule has 1 heterocycles. The van der Waals surface area contributed by atoms with E-state index in [0.717, 1.165) is 23.1 Å². The number of nitrogen functional groups attached to an aromatic ring is 1. The molecule has 2 rings (SSSR count). The van der Waals surface area contributed by atoms with E-state index in [4.69, 9.17) is 10.6 Å². The highest BCUT2D eigenvalue weighted by atomic mass is 32.2. The lowest BCUT2D eigenvalue weighted by Gasteiger charge is -2.23. The summed E-state index contributed by atoms with van der Waals surface area (Å²) in [6.07, 6.45) is 0. The van der Waals surface area contributed by atoms with Gasteiger partial charge in [-0.05, 0) is 45.0 Å². The highest BCUT2D eigenvalue weighted by Crippen LogP contribution is 2.23. The van der Waals surface area contributed by atoms with Gasteiger partial charge in [-0.25, -0.2) is 4.68 Å². The average molecular weight is 407 g/mol. The maximum Gasteiger partial charge on any atom is 0.240 e. The van der Waals surface area contributed by atoms with Crippen molar-refractivity contribution in [1.82, 2.24) is 25.1 Å². The van der Waals surface area contributed by atoms with Crippen LogP contribution in [0.5, 0.6) is 5.75 Å². The van der Waals surface area contributed by atoms with E-state index in [9.17, 15) is 9.59 Å². The van der Waals surface area contributed by atoms with E-state index in [1.807, 2.05) is 32.9 Å². The highest BCUT2D eigenvalue weighted by Gasteiger charge is 2.19. The van der Waals surface area contributed by atoms with Crippen molar-refractivity contribution in [2.24, 2.45) is 0 Å². The van der Waals surface area contributed by atoms with E-state index in [2.05, 4.69) is 15.5 Å².